The Morgan fingerprint density at radius 2 is 1.69 bits per heavy atom. The van der Waals surface area contributed by atoms with Crippen molar-refractivity contribution in [2.75, 3.05) is 46.9 Å². The molecule has 1 aromatic heterocycles. The predicted molar refractivity (Wildman–Crippen MR) is 124 cm³/mol. The third-order valence-corrected chi connectivity index (χ3v) is 5.62. The van der Waals surface area contributed by atoms with Crippen molar-refractivity contribution < 1.29 is 14.0 Å². The molecule has 3 aromatic rings. The van der Waals surface area contributed by atoms with Crippen LogP contribution in [0.15, 0.2) is 59.1 Å². The lowest BCUT2D eigenvalue weighted by molar-refractivity contribution is 0.125. The van der Waals surface area contributed by atoms with E-state index >= 15 is 0 Å². The van der Waals surface area contributed by atoms with E-state index in [9.17, 15) is 0 Å². The summed E-state index contributed by atoms with van der Waals surface area (Å²) in [6, 6.07) is 16.2. The van der Waals surface area contributed by atoms with E-state index in [-0.39, 0.29) is 0 Å². The van der Waals surface area contributed by atoms with E-state index in [1.54, 1.807) is 14.2 Å². The van der Waals surface area contributed by atoms with Gasteiger partial charge in [-0.1, -0.05) is 53.7 Å². The fourth-order valence-electron chi connectivity index (χ4n) is 3.82. The largest absolute Gasteiger partial charge is 0.493 e. The molecule has 168 valence electrons. The fourth-order valence-corrected chi connectivity index (χ4v) is 3.82. The van der Waals surface area contributed by atoms with E-state index in [0.29, 0.717) is 36.2 Å². The second-order valence-electron chi connectivity index (χ2n) is 7.86. The van der Waals surface area contributed by atoms with Crippen LogP contribution in [0.4, 0.5) is 0 Å². The van der Waals surface area contributed by atoms with Crippen LogP contribution in [0.25, 0.3) is 6.08 Å². The zero-order valence-electron chi connectivity index (χ0n) is 18.7. The Morgan fingerprint density at radius 1 is 0.938 bits per heavy atom. The maximum Gasteiger partial charge on any atom is 0.240 e. The topological polar surface area (TPSA) is 63.9 Å². The molecule has 0 bridgehead atoms. The van der Waals surface area contributed by atoms with Crippen LogP contribution in [0.5, 0.6) is 11.5 Å². The molecule has 0 radical (unpaired) electrons. The van der Waals surface area contributed by atoms with Crippen LogP contribution in [-0.4, -0.2) is 66.9 Å². The Labute approximate surface area is 189 Å². The van der Waals surface area contributed by atoms with Crippen LogP contribution in [0.2, 0.25) is 0 Å². The van der Waals surface area contributed by atoms with Crippen molar-refractivity contribution >= 4 is 6.08 Å². The molecule has 0 saturated carbocycles. The number of benzene rings is 2. The van der Waals surface area contributed by atoms with Crippen molar-refractivity contribution in [3.05, 3.63) is 77.4 Å². The molecule has 4 rings (SSSR count). The molecule has 7 heteroatoms. The highest BCUT2D eigenvalue weighted by Crippen LogP contribution is 2.28. The third kappa shape index (κ3) is 5.96. The number of nitrogens with zero attached hydrogens (tertiary/aromatic N) is 4. The highest BCUT2D eigenvalue weighted by Gasteiger charge is 2.18. The zero-order chi connectivity index (χ0) is 22.2. The second kappa shape index (κ2) is 10.9. The summed E-state index contributed by atoms with van der Waals surface area (Å²) >= 11 is 0. The smallest absolute Gasteiger partial charge is 0.240 e. The van der Waals surface area contributed by atoms with Crippen molar-refractivity contribution in [2.45, 2.75) is 13.0 Å². The van der Waals surface area contributed by atoms with E-state index in [0.717, 1.165) is 38.3 Å². The number of hydrogen-bond donors (Lipinski definition) is 0. The fraction of sp³-hybridized carbons (Fsp3) is 0.360. The van der Waals surface area contributed by atoms with E-state index in [1.807, 2.05) is 24.3 Å². The predicted octanol–water partition coefficient (Wildman–Crippen LogP) is 3.51. The first-order chi connectivity index (χ1) is 15.7. The van der Waals surface area contributed by atoms with E-state index in [1.165, 1.54) is 5.56 Å². The van der Waals surface area contributed by atoms with Crippen LogP contribution in [0, 0.1) is 0 Å². The molecule has 0 aliphatic carbocycles. The molecule has 2 heterocycles. The summed E-state index contributed by atoms with van der Waals surface area (Å²) in [6.07, 6.45) is 5.01. The first kappa shape index (κ1) is 22.0. The molecular formula is C25H30N4O3. The highest BCUT2D eigenvalue weighted by atomic mass is 16.5. The standard InChI is InChI=1S/C25H30N4O3/c1-30-22-11-10-21(17-23(22)31-2)18-24-26-25(32-27-24)19-29-15-13-28(14-16-29)12-6-9-20-7-4-3-5-8-20/h3-11,17H,12-16,18-19H2,1-2H3. The zero-order valence-corrected chi connectivity index (χ0v) is 18.7. The summed E-state index contributed by atoms with van der Waals surface area (Å²) in [5, 5.41) is 4.15. The molecular weight excluding hydrogens is 404 g/mol. The molecule has 0 amide bonds. The lowest BCUT2D eigenvalue weighted by Crippen LogP contribution is -2.45. The number of rotatable bonds is 9. The molecule has 7 nitrogen and oxygen atoms in total. The molecule has 0 unspecified atom stereocenters. The van der Waals surface area contributed by atoms with Gasteiger partial charge in [0.1, 0.15) is 0 Å². The van der Waals surface area contributed by atoms with Crippen LogP contribution < -0.4 is 9.47 Å². The number of ether oxygens (including phenoxy) is 2. The van der Waals surface area contributed by atoms with Gasteiger partial charge in [-0.3, -0.25) is 9.80 Å². The van der Waals surface area contributed by atoms with Crippen LogP contribution in [0.1, 0.15) is 22.8 Å². The van der Waals surface area contributed by atoms with Crippen LogP contribution >= 0.6 is 0 Å². The van der Waals surface area contributed by atoms with Gasteiger partial charge in [-0.15, -0.1) is 0 Å². The van der Waals surface area contributed by atoms with Crippen LogP contribution in [-0.2, 0) is 13.0 Å². The second-order valence-corrected chi connectivity index (χ2v) is 7.86. The molecule has 0 N–H and O–H groups in total. The molecule has 1 aliphatic rings. The highest BCUT2D eigenvalue weighted by molar-refractivity contribution is 5.48. The Bertz CT molecular complexity index is 1010. The minimum atomic E-state index is 0.589. The van der Waals surface area contributed by atoms with Gasteiger partial charge in [0.25, 0.3) is 0 Å². The average molecular weight is 435 g/mol. The third-order valence-electron chi connectivity index (χ3n) is 5.62. The molecule has 0 spiro atoms. The van der Waals surface area contributed by atoms with E-state index < -0.39 is 0 Å². The van der Waals surface area contributed by atoms with Gasteiger partial charge in [0.2, 0.25) is 5.89 Å². The van der Waals surface area contributed by atoms with Gasteiger partial charge < -0.3 is 14.0 Å². The van der Waals surface area contributed by atoms with Crippen LogP contribution in [0.3, 0.4) is 0 Å². The van der Waals surface area contributed by atoms with Gasteiger partial charge in [0.15, 0.2) is 17.3 Å². The summed E-state index contributed by atoms with van der Waals surface area (Å²) in [5.74, 6) is 2.75. The number of aromatic nitrogens is 2. The Morgan fingerprint density at radius 3 is 2.44 bits per heavy atom. The van der Waals surface area contributed by atoms with Crippen molar-refractivity contribution in [3.63, 3.8) is 0 Å². The van der Waals surface area contributed by atoms with E-state index in [2.05, 4.69) is 56.4 Å². The van der Waals surface area contributed by atoms with Crippen molar-refractivity contribution in [1.82, 2.24) is 19.9 Å². The summed E-state index contributed by atoms with van der Waals surface area (Å²) in [4.78, 5) is 9.41. The van der Waals surface area contributed by atoms with E-state index in [4.69, 9.17) is 14.0 Å². The first-order valence-electron chi connectivity index (χ1n) is 10.9. The molecule has 1 fully saturated rings. The SMILES string of the molecule is COc1ccc(Cc2noc(CN3CCN(CC=Cc4ccccc4)CC3)n2)cc1OC. The monoisotopic (exact) mass is 434 g/mol. The molecule has 0 atom stereocenters. The normalized spacial score (nSPS) is 15.3. The molecule has 2 aromatic carbocycles. The number of piperazine rings is 1. The van der Waals surface area contributed by atoms with Crippen molar-refractivity contribution in [3.8, 4) is 11.5 Å². The van der Waals surface area contributed by atoms with Gasteiger partial charge in [0.05, 0.1) is 20.8 Å². The summed E-state index contributed by atoms with van der Waals surface area (Å²) in [7, 11) is 3.26. The first-order valence-corrected chi connectivity index (χ1v) is 10.9. The average Bonchev–Trinajstić information content (AvgIpc) is 3.27. The Kier molecular flexibility index (Phi) is 7.53. The Balaban J connectivity index is 1.23. The van der Waals surface area contributed by atoms with Gasteiger partial charge in [-0.05, 0) is 23.3 Å². The van der Waals surface area contributed by atoms with Crippen molar-refractivity contribution in [2.24, 2.45) is 0 Å². The maximum absolute atomic E-state index is 5.50. The van der Waals surface area contributed by atoms with Gasteiger partial charge in [-0.25, -0.2) is 0 Å². The van der Waals surface area contributed by atoms with Crippen molar-refractivity contribution in [1.29, 1.82) is 0 Å². The van der Waals surface area contributed by atoms with Gasteiger partial charge in [-0.2, -0.15) is 4.98 Å². The summed E-state index contributed by atoms with van der Waals surface area (Å²) in [5.41, 5.74) is 2.29. The molecule has 1 aliphatic heterocycles. The van der Waals surface area contributed by atoms with Gasteiger partial charge >= 0.3 is 0 Å². The summed E-state index contributed by atoms with van der Waals surface area (Å²) in [6.45, 7) is 5.71. The Hall–Kier alpha value is -3.16. The minimum absolute atomic E-state index is 0.589. The minimum Gasteiger partial charge on any atom is -0.493 e. The maximum atomic E-state index is 5.50. The lowest BCUT2D eigenvalue weighted by Gasteiger charge is -2.33. The lowest BCUT2D eigenvalue weighted by atomic mass is 10.1. The number of hydrogen-bond acceptors (Lipinski definition) is 7. The quantitative estimate of drug-likeness (QED) is 0.511. The van der Waals surface area contributed by atoms with Gasteiger partial charge in [0, 0.05) is 39.1 Å². The molecule has 32 heavy (non-hydrogen) atoms. The number of methoxy groups -OCH3 is 2. The molecule has 1 saturated heterocycles. The summed E-state index contributed by atoms with van der Waals surface area (Å²) < 4.78 is 16.2.